The maximum absolute atomic E-state index is 2.46. The molecule has 1 fully saturated rings. The highest BCUT2D eigenvalue weighted by atomic mass is 14.4. The number of fused-ring (bicyclic) bond motifs is 2. The van der Waals surface area contributed by atoms with Crippen LogP contribution in [-0.2, 0) is 0 Å². The van der Waals surface area contributed by atoms with Crippen molar-refractivity contribution < 1.29 is 0 Å². The van der Waals surface area contributed by atoms with Gasteiger partial charge in [0.05, 0.1) is 0 Å². The second kappa shape index (κ2) is 3.73. The normalized spacial score (nSPS) is 23.7. The lowest BCUT2D eigenvalue weighted by atomic mass is 9.71. The zero-order valence-electron chi connectivity index (χ0n) is 12.4. The number of hydrogen-bond donors (Lipinski definition) is 0. The van der Waals surface area contributed by atoms with Gasteiger partial charge in [0.1, 0.15) is 0 Å². The minimum atomic E-state index is 0.212. The predicted molar refractivity (Wildman–Crippen MR) is 78.4 cm³/mol. The van der Waals surface area contributed by atoms with Gasteiger partial charge in [0, 0.05) is 5.41 Å². The van der Waals surface area contributed by atoms with E-state index in [1.807, 2.05) is 0 Å². The fourth-order valence-electron chi connectivity index (χ4n) is 4.27. The van der Waals surface area contributed by atoms with Gasteiger partial charge >= 0.3 is 0 Å². The largest absolute Gasteiger partial charge is 0.0761 e. The fraction of sp³-hybridized carbons (Fsp3) is 0.556. The summed E-state index contributed by atoms with van der Waals surface area (Å²) in [5.74, 6) is 0. The van der Waals surface area contributed by atoms with Crippen molar-refractivity contribution in [3.8, 4) is 0 Å². The highest BCUT2D eigenvalue weighted by Gasteiger charge is 2.39. The van der Waals surface area contributed by atoms with E-state index in [4.69, 9.17) is 0 Å². The molecule has 0 amide bonds. The Balaban J connectivity index is 2.06. The molecule has 3 rings (SSSR count). The van der Waals surface area contributed by atoms with Crippen molar-refractivity contribution >= 4 is 0 Å². The number of allylic oxidation sites excluding steroid dienone is 8. The molecule has 2 bridgehead atoms. The van der Waals surface area contributed by atoms with Crippen LogP contribution in [0.1, 0.15) is 60.3 Å². The first-order valence-corrected chi connectivity index (χ1v) is 7.21. The molecule has 0 atom stereocenters. The molecule has 0 aromatic heterocycles. The molecule has 0 aliphatic heterocycles. The van der Waals surface area contributed by atoms with Crippen LogP contribution in [0.4, 0.5) is 0 Å². The van der Waals surface area contributed by atoms with Crippen molar-refractivity contribution in [2.75, 3.05) is 0 Å². The van der Waals surface area contributed by atoms with Gasteiger partial charge in [-0.15, -0.1) is 0 Å². The third kappa shape index (κ3) is 1.44. The molecule has 96 valence electrons. The first kappa shape index (κ1) is 12.0. The van der Waals surface area contributed by atoms with Crippen molar-refractivity contribution in [1.29, 1.82) is 0 Å². The second-order valence-electron chi connectivity index (χ2n) is 6.74. The Bertz CT molecular complexity index is 545. The van der Waals surface area contributed by atoms with Crippen molar-refractivity contribution in [3.63, 3.8) is 0 Å². The molecule has 0 heteroatoms. The summed E-state index contributed by atoms with van der Waals surface area (Å²) in [4.78, 5) is 0. The molecule has 0 aromatic carbocycles. The van der Waals surface area contributed by atoms with Crippen molar-refractivity contribution in [2.45, 2.75) is 60.3 Å². The van der Waals surface area contributed by atoms with Crippen LogP contribution in [0.5, 0.6) is 0 Å². The van der Waals surface area contributed by atoms with Gasteiger partial charge in [-0.2, -0.15) is 0 Å². The van der Waals surface area contributed by atoms with Gasteiger partial charge in [0.2, 0.25) is 0 Å². The Kier molecular flexibility index (Phi) is 2.49. The van der Waals surface area contributed by atoms with Gasteiger partial charge in [-0.3, -0.25) is 0 Å². The van der Waals surface area contributed by atoms with Crippen LogP contribution in [0.3, 0.4) is 0 Å². The van der Waals surface area contributed by atoms with E-state index < -0.39 is 0 Å². The van der Waals surface area contributed by atoms with Crippen LogP contribution in [0.15, 0.2) is 45.1 Å². The van der Waals surface area contributed by atoms with E-state index >= 15 is 0 Å². The van der Waals surface area contributed by atoms with E-state index in [2.05, 4.69) is 40.7 Å². The van der Waals surface area contributed by atoms with Gasteiger partial charge in [-0.25, -0.2) is 0 Å². The molecule has 0 saturated heterocycles. The molecule has 0 spiro atoms. The molecule has 3 aliphatic rings. The molecular weight excluding hydrogens is 216 g/mol. The maximum atomic E-state index is 2.46. The standard InChI is InChI=1S/C18H24/c1-11-6-9-16(12(11)2)18(4,5)17-13(3)14-7-8-15(17)10-14/h9H,6-8,10H2,1-5H3. The summed E-state index contributed by atoms with van der Waals surface area (Å²) in [7, 11) is 0. The van der Waals surface area contributed by atoms with Gasteiger partial charge in [-0.1, -0.05) is 36.6 Å². The lowest BCUT2D eigenvalue weighted by Crippen LogP contribution is -2.20. The van der Waals surface area contributed by atoms with Gasteiger partial charge in [0.25, 0.3) is 0 Å². The minimum absolute atomic E-state index is 0.212. The van der Waals surface area contributed by atoms with E-state index in [0.717, 1.165) is 6.42 Å². The Morgan fingerprint density at radius 2 is 1.61 bits per heavy atom. The minimum Gasteiger partial charge on any atom is -0.0761 e. The summed E-state index contributed by atoms with van der Waals surface area (Å²) in [6.45, 7) is 11.8. The maximum Gasteiger partial charge on any atom is 0.0148 e. The second-order valence-corrected chi connectivity index (χ2v) is 6.74. The SMILES string of the molecule is CC1=C(C)C(C(C)(C)C2=C3CCC(=C2C)C3)=CC1. The van der Waals surface area contributed by atoms with Gasteiger partial charge in [-0.05, 0) is 68.7 Å². The molecule has 18 heavy (non-hydrogen) atoms. The van der Waals surface area contributed by atoms with Crippen LogP contribution in [0.25, 0.3) is 0 Å². The molecule has 0 heterocycles. The Morgan fingerprint density at radius 3 is 2.11 bits per heavy atom. The molecule has 0 N–H and O–H groups in total. The summed E-state index contributed by atoms with van der Waals surface area (Å²) >= 11 is 0. The highest BCUT2D eigenvalue weighted by molar-refractivity contribution is 5.59. The summed E-state index contributed by atoms with van der Waals surface area (Å²) < 4.78 is 0. The third-order valence-electron chi connectivity index (χ3n) is 5.37. The zero-order valence-corrected chi connectivity index (χ0v) is 12.4. The van der Waals surface area contributed by atoms with E-state index in [1.165, 1.54) is 24.8 Å². The molecule has 0 aromatic rings. The molecular formula is C18H24. The van der Waals surface area contributed by atoms with E-state index in [-0.39, 0.29) is 5.41 Å². The molecule has 0 nitrogen and oxygen atoms in total. The molecule has 3 aliphatic carbocycles. The van der Waals surface area contributed by atoms with Crippen LogP contribution in [-0.4, -0.2) is 0 Å². The average molecular weight is 240 g/mol. The first-order valence-electron chi connectivity index (χ1n) is 7.21. The van der Waals surface area contributed by atoms with Gasteiger partial charge < -0.3 is 0 Å². The highest BCUT2D eigenvalue weighted by Crippen LogP contribution is 2.54. The lowest BCUT2D eigenvalue weighted by molar-refractivity contribution is 0.544. The summed E-state index contributed by atoms with van der Waals surface area (Å²) in [6.07, 6.45) is 7.54. The molecule has 1 saturated carbocycles. The van der Waals surface area contributed by atoms with Crippen LogP contribution >= 0.6 is 0 Å². The van der Waals surface area contributed by atoms with Crippen molar-refractivity contribution in [3.05, 3.63) is 45.1 Å². The predicted octanol–water partition coefficient (Wildman–Crippen LogP) is 5.49. The smallest absolute Gasteiger partial charge is 0.0148 e. The first-order chi connectivity index (χ1) is 8.43. The van der Waals surface area contributed by atoms with Crippen LogP contribution < -0.4 is 0 Å². The molecule has 0 radical (unpaired) electrons. The quantitative estimate of drug-likeness (QED) is 0.598. The zero-order chi connectivity index (χ0) is 13.1. The van der Waals surface area contributed by atoms with E-state index in [1.54, 1.807) is 33.4 Å². The Morgan fingerprint density at radius 1 is 0.944 bits per heavy atom. The summed E-state index contributed by atoms with van der Waals surface area (Å²) in [5.41, 5.74) is 11.6. The number of hydrogen-bond acceptors (Lipinski definition) is 0. The Labute approximate surface area is 111 Å². The van der Waals surface area contributed by atoms with Gasteiger partial charge in [0.15, 0.2) is 0 Å². The van der Waals surface area contributed by atoms with Crippen LogP contribution in [0.2, 0.25) is 0 Å². The molecule has 0 unspecified atom stereocenters. The fourth-order valence-corrected chi connectivity index (χ4v) is 4.27. The van der Waals surface area contributed by atoms with Crippen molar-refractivity contribution in [2.24, 2.45) is 5.41 Å². The lowest BCUT2D eigenvalue weighted by Gasteiger charge is -2.33. The van der Waals surface area contributed by atoms with Crippen LogP contribution in [0, 0.1) is 5.41 Å². The van der Waals surface area contributed by atoms with E-state index in [0.29, 0.717) is 0 Å². The monoisotopic (exact) mass is 240 g/mol. The average Bonchev–Trinajstić information content (AvgIpc) is 2.95. The summed E-state index contributed by atoms with van der Waals surface area (Å²) in [6, 6.07) is 0. The third-order valence-corrected chi connectivity index (χ3v) is 5.37. The topological polar surface area (TPSA) is 0 Å². The van der Waals surface area contributed by atoms with Crippen molar-refractivity contribution in [1.82, 2.24) is 0 Å². The van der Waals surface area contributed by atoms with E-state index in [9.17, 15) is 0 Å². The summed E-state index contributed by atoms with van der Waals surface area (Å²) in [5, 5.41) is 0. The number of rotatable bonds is 2. The Hall–Kier alpha value is -1.04.